The van der Waals surface area contributed by atoms with Crippen molar-refractivity contribution in [1.29, 1.82) is 0 Å². The number of hydrogen-bond acceptors (Lipinski definition) is 4. The van der Waals surface area contributed by atoms with Gasteiger partial charge in [0.15, 0.2) is 0 Å². The Morgan fingerprint density at radius 2 is 1.11 bits per heavy atom. The van der Waals surface area contributed by atoms with E-state index in [1.54, 1.807) is 6.08 Å². The fraction of sp³-hybridized carbons (Fsp3) is 0.605. The minimum absolute atomic E-state index is 0.269. The molecule has 0 rings (SSSR count). The molecule has 2 unspecified atom stereocenters. The Balaban J connectivity index is 3.98. The van der Waals surface area contributed by atoms with Crippen molar-refractivity contribution in [1.82, 2.24) is 5.32 Å². The second kappa shape index (κ2) is 31.5. The standard InChI is InChI=1S/C38H63NO5S/c1-3-5-7-9-11-13-14-15-16-17-18-19-20-21-22-23-24-26-28-30-32-34-38(41)39-36(35-45(42,43)44)37(40)33-31-29-27-25-12-10-8-6-4-2/h4-7,11-13,15-16,18-19,25,31,33,36-37,40H,3,8-10,14,17,20-24,26-30,32,34-35H2,1-2H3,(H,39,41)(H,42,43,44)/b6-4+,7-5-,13-11-,16-15-,19-18-,25-12+,33-31+. The van der Waals surface area contributed by atoms with Crippen molar-refractivity contribution in [2.75, 3.05) is 5.75 Å². The Bertz CT molecular complexity index is 1020. The number of carbonyl (C=O) groups excluding carboxylic acids is 1. The highest BCUT2D eigenvalue weighted by atomic mass is 32.2. The van der Waals surface area contributed by atoms with Crippen LogP contribution < -0.4 is 5.32 Å². The lowest BCUT2D eigenvalue weighted by atomic mass is 10.1. The molecule has 0 aromatic heterocycles. The zero-order valence-corrected chi connectivity index (χ0v) is 29.0. The molecule has 2 atom stereocenters. The van der Waals surface area contributed by atoms with Gasteiger partial charge in [-0.2, -0.15) is 8.42 Å². The molecule has 7 heteroatoms. The fourth-order valence-electron chi connectivity index (χ4n) is 4.59. The van der Waals surface area contributed by atoms with E-state index in [2.05, 4.69) is 79.1 Å². The SMILES string of the molecule is C/C=C/CC/C=C/CC/C=C/C(O)C(CS(=O)(=O)O)NC(=O)CCCCCCCCCC/C=C\C/C=C\C/C=C\C/C=C\CC. The average molecular weight is 646 g/mol. The highest BCUT2D eigenvalue weighted by molar-refractivity contribution is 7.85. The van der Waals surface area contributed by atoms with Gasteiger partial charge in [-0.1, -0.05) is 131 Å². The van der Waals surface area contributed by atoms with Crippen molar-refractivity contribution in [3.63, 3.8) is 0 Å². The second-order valence-electron chi connectivity index (χ2n) is 11.4. The van der Waals surface area contributed by atoms with Crippen LogP contribution in [0.1, 0.15) is 129 Å². The van der Waals surface area contributed by atoms with Crippen molar-refractivity contribution in [3.8, 4) is 0 Å². The molecule has 1 amide bonds. The van der Waals surface area contributed by atoms with Gasteiger partial charge in [-0.3, -0.25) is 9.35 Å². The molecule has 0 fully saturated rings. The highest BCUT2D eigenvalue weighted by Crippen LogP contribution is 2.12. The van der Waals surface area contributed by atoms with Crippen LogP contribution in [0.3, 0.4) is 0 Å². The summed E-state index contributed by atoms with van der Waals surface area (Å²) in [5.41, 5.74) is 0. The molecule has 0 saturated heterocycles. The summed E-state index contributed by atoms with van der Waals surface area (Å²) in [5, 5.41) is 13.1. The zero-order valence-electron chi connectivity index (χ0n) is 28.2. The Kier molecular flexibility index (Phi) is 29.8. The van der Waals surface area contributed by atoms with Crippen molar-refractivity contribution in [2.45, 2.75) is 142 Å². The summed E-state index contributed by atoms with van der Waals surface area (Å²) in [4.78, 5) is 12.4. The lowest BCUT2D eigenvalue weighted by molar-refractivity contribution is -0.122. The number of amides is 1. The molecule has 0 aliphatic heterocycles. The van der Waals surface area contributed by atoms with Gasteiger partial charge in [-0.05, 0) is 77.6 Å². The molecule has 0 aliphatic carbocycles. The molecule has 0 bridgehead atoms. The summed E-state index contributed by atoms with van der Waals surface area (Å²) >= 11 is 0. The third kappa shape index (κ3) is 32.7. The van der Waals surface area contributed by atoms with E-state index in [-0.39, 0.29) is 12.3 Å². The lowest BCUT2D eigenvalue weighted by Crippen LogP contribution is -2.46. The van der Waals surface area contributed by atoms with Gasteiger partial charge in [0.25, 0.3) is 10.1 Å². The molecule has 3 N–H and O–H groups in total. The molecule has 45 heavy (non-hydrogen) atoms. The minimum atomic E-state index is -4.36. The van der Waals surface area contributed by atoms with Crippen LogP contribution in [0.15, 0.2) is 85.1 Å². The molecular formula is C38H63NO5S. The number of aliphatic hydroxyl groups excluding tert-OH is 1. The van der Waals surface area contributed by atoms with Crippen LogP contribution >= 0.6 is 0 Å². The van der Waals surface area contributed by atoms with Crippen molar-refractivity contribution < 1.29 is 22.9 Å². The van der Waals surface area contributed by atoms with E-state index in [9.17, 15) is 22.9 Å². The fourth-order valence-corrected chi connectivity index (χ4v) is 5.33. The van der Waals surface area contributed by atoms with Crippen LogP contribution in [0, 0.1) is 0 Å². The maximum absolute atomic E-state index is 12.4. The summed E-state index contributed by atoms with van der Waals surface area (Å²) in [5.74, 6) is -1.03. The molecule has 0 radical (unpaired) electrons. The number of carbonyl (C=O) groups is 1. The number of aliphatic hydroxyl groups is 1. The molecule has 0 aromatic carbocycles. The Hall–Kier alpha value is -2.48. The molecule has 256 valence electrons. The predicted molar refractivity (Wildman–Crippen MR) is 193 cm³/mol. The first-order chi connectivity index (χ1) is 21.8. The van der Waals surface area contributed by atoms with Crippen molar-refractivity contribution in [3.05, 3.63) is 85.1 Å². The van der Waals surface area contributed by atoms with E-state index >= 15 is 0 Å². The van der Waals surface area contributed by atoms with Gasteiger partial charge in [0.05, 0.1) is 17.9 Å². The maximum atomic E-state index is 12.4. The Morgan fingerprint density at radius 1 is 0.644 bits per heavy atom. The summed E-state index contributed by atoms with van der Waals surface area (Å²) in [7, 11) is -4.36. The quantitative estimate of drug-likeness (QED) is 0.0427. The van der Waals surface area contributed by atoms with Crippen LogP contribution in [0.25, 0.3) is 0 Å². The summed E-state index contributed by atoms with van der Waals surface area (Å²) in [6.45, 7) is 4.15. The molecule has 0 saturated carbocycles. The van der Waals surface area contributed by atoms with E-state index in [1.165, 1.54) is 31.8 Å². The van der Waals surface area contributed by atoms with Gasteiger partial charge in [0.1, 0.15) is 0 Å². The number of nitrogens with one attached hydrogen (secondary N) is 1. The first-order valence-corrected chi connectivity index (χ1v) is 18.9. The number of allylic oxidation sites excluding steroid dienone is 13. The third-order valence-corrected chi connectivity index (χ3v) is 7.91. The van der Waals surface area contributed by atoms with Crippen LogP contribution in [0.4, 0.5) is 0 Å². The zero-order chi connectivity index (χ0) is 33.3. The number of hydrogen-bond donors (Lipinski definition) is 3. The largest absolute Gasteiger partial charge is 0.387 e. The number of rotatable bonds is 29. The van der Waals surface area contributed by atoms with Crippen molar-refractivity contribution in [2.24, 2.45) is 0 Å². The average Bonchev–Trinajstić information content (AvgIpc) is 3.00. The van der Waals surface area contributed by atoms with Crippen molar-refractivity contribution >= 4 is 16.0 Å². The first kappa shape index (κ1) is 42.5. The van der Waals surface area contributed by atoms with E-state index < -0.39 is 28.0 Å². The molecule has 0 aliphatic rings. The normalized spacial score (nSPS) is 14.5. The molecular weight excluding hydrogens is 582 g/mol. The van der Waals surface area contributed by atoms with Gasteiger partial charge in [0, 0.05) is 6.42 Å². The van der Waals surface area contributed by atoms with E-state index in [1.807, 2.05) is 13.0 Å². The van der Waals surface area contributed by atoms with Gasteiger partial charge < -0.3 is 10.4 Å². The van der Waals surface area contributed by atoms with Gasteiger partial charge >= 0.3 is 0 Å². The van der Waals surface area contributed by atoms with Crippen LogP contribution in [-0.2, 0) is 14.9 Å². The predicted octanol–water partition coefficient (Wildman–Crippen LogP) is 9.67. The van der Waals surface area contributed by atoms with Gasteiger partial charge in [-0.15, -0.1) is 0 Å². The van der Waals surface area contributed by atoms with E-state index in [4.69, 9.17) is 0 Å². The smallest absolute Gasteiger partial charge is 0.267 e. The van der Waals surface area contributed by atoms with Crippen LogP contribution in [0.5, 0.6) is 0 Å². The maximum Gasteiger partial charge on any atom is 0.267 e. The third-order valence-electron chi connectivity index (χ3n) is 7.13. The summed E-state index contributed by atoms with van der Waals surface area (Å²) in [6, 6.07) is -1.09. The summed E-state index contributed by atoms with van der Waals surface area (Å²) < 4.78 is 32.2. The second-order valence-corrected chi connectivity index (χ2v) is 12.9. The summed E-state index contributed by atoms with van der Waals surface area (Å²) in [6.07, 6.45) is 45.9. The minimum Gasteiger partial charge on any atom is -0.387 e. The van der Waals surface area contributed by atoms with Crippen LogP contribution in [0.2, 0.25) is 0 Å². The van der Waals surface area contributed by atoms with Crippen LogP contribution in [-0.4, -0.2) is 41.9 Å². The molecule has 6 nitrogen and oxygen atoms in total. The van der Waals surface area contributed by atoms with E-state index in [0.717, 1.165) is 70.6 Å². The highest BCUT2D eigenvalue weighted by Gasteiger charge is 2.24. The molecule has 0 heterocycles. The molecule has 0 spiro atoms. The molecule has 0 aromatic rings. The topological polar surface area (TPSA) is 104 Å². The Labute approximate surface area is 276 Å². The van der Waals surface area contributed by atoms with Gasteiger partial charge in [0.2, 0.25) is 5.91 Å². The van der Waals surface area contributed by atoms with E-state index in [0.29, 0.717) is 12.8 Å². The first-order valence-electron chi connectivity index (χ1n) is 17.3. The monoisotopic (exact) mass is 645 g/mol. The number of unbranched alkanes of at least 4 members (excludes halogenated alkanes) is 10. The Morgan fingerprint density at radius 3 is 1.67 bits per heavy atom. The van der Waals surface area contributed by atoms with Gasteiger partial charge in [-0.25, -0.2) is 0 Å². The lowest BCUT2D eigenvalue weighted by Gasteiger charge is -2.21.